The molecular weight excluding hydrogens is 232 g/mol. The molecule has 1 aromatic carbocycles. The van der Waals surface area contributed by atoms with E-state index in [1.165, 1.54) is 10.6 Å². The van der Waals surface area contributed by atoms with E-state index in [2.05, 4.69) is 4.99 Å². The second-order valence-electron chi connectivity index (χ2n) is 4.65. The zero-order valence-electron chi connectivity index (χ0n) is 9.93. The van der Waals surface area contributed by atoms with Gasteiger partial charge >= 0.3 is 0 Å². The minimum atomic E-state index is -0.345. The van der Waals surface area contributed by atoms with Crippen molar-refractivity contribution in [3.05, 3.63) is 38.9 Å². The van der Waals surface area contributed by atoms with Gasteiger partial charge in [0.05, 0.1) is 23.6 Å². The molecule has 0 amide bonds. The number of rotatable bonds is 2. The number of nitro benzene ring substituents is 1. The van der Waals surface area contributed by atoms with E-state index in [-0.39, 0.29) is 10.6 Å². The van der Waals surface area contributed by atoms with Crippen molar-refractivity contribution < 1.29 is 4.92 Å². The third-order valence-electron chi connectivity index (χ3n) is 3.52. The first-order chi connectivity index (χ1) is 8.66. The van der Waals surface area contributed by atoms with Crippen LogP contribution in [0.15, 0.2) is 17.1 Å². The van der Waals surface area contributed by atoms with Crippen LogP contribution >= 0.6 is 0 Å². The molecule has 18 heavy (non-hydrogen) atoms. The number of hydrazine groups is 1. The summed E-state index contributed by atoms with van der Waals surface area (Å²) >= 11 is 0. The van der Waals surface area contributed by atoms with Gasteiger partial charge in [-0.3, -0.25) is 20.1 Å². The van der Waals surface area contributed by atoms with Gasteiger partial charge in [-0.2, -0.15) is 0 Å². The molecule has 0 saturated carbocycles. The lowest BCUT2D eigenvalue weighted by atomic mass is 10.0. The molecule has 6 nitrogen and oxygen atoms in total. The van der Waals surface area contributed by atoms with E-state index < -0.39 is 0 Å². The number of amidine groups is 1. The topological polar surface area (TPSA) is 84.8 Å². The first-order valence-corrected chi connectivity index (χ1v) is 6.04. The van der Waals surface area contributed by atoms with Crippen LogP contribution in [0.4, 0.5) is 5.69 Å². The van der Waals surface area contributed by atoms with Gasteiger partial charge in [-0.25, -0.2) is 5.84 Å². The summed E-state index contributed by atoms with van der Waals surface area (Å²) in [5, 5.41) is 12.7. The number of hydrogen-bond acceptors (Lipinski definition) is 5. The van der Waals surface area contributed by atoms with Crippen LogP contribution in [0.25, 0.3) is 0 Å². The number of hydrogen-bond donors (Lipinski definition) is 1. The summed E-state index contributed by atoms with van der Waals surface area (Å²) in [6.07, 6.45) is 2.97. The predicted molar refractivity (Wildman–Crippen MR) is 67.4 cm³/mol. The standard InChI is InChI=1S/C12H14N4O2/c13-15-5-4-14-12(15)10-6-8-2-1-3-9(8)7-11(10)16(17)18/h6-7H,1-5,13H2. The van der Waals surface area contributed by atoms with Crippen molar-refractivity contribution in [3.63, 3.8) is 0 Å². The monoisotopic (exact) mass is 246 g/mol. The number of fused-ring (bicyclic) bond motifs is 1. The molecule has 0 bridgehead atoms. The molecule has 1 aliphatic carbocycles. The number of benzene rings is 1. The van der Waals surface area contributed by atoms with E-state index in [1.54, 1.807) is 6.07 Å². The van der Waals surface area contributed by atoms with E-state index in [9.17, 15) is 10.1 Å². The fourth-order valence-corrected chi connectivity index (χ4v) is 2.64. The van der Waals surface area contributed by atoms with Crippen LogP contribution in [0.5, 0.6) is 0 Å². The molecule has 0 saturated heterocycles. The van der Waals surface area contributed by atoms with Crippen LogP contribution in [0.3, 0.4) is 0 Å². The van der Waals surface area contributed by atoms with Crippen LogP contribution in [-0.4, -0.2) is 28.9 Å². The van der Waals surface area contributed by atoms with Gasteiger partial charge in [0.15, 0.2) is 5.84 Å². The molecule has 0 radical (unpaired) electrons. The molecule has 0 aromatic heterocycles. The van der Waals surface area contributed by atoms with E-state index in [4.69, 9.17) is 5.84 Å². The maximum Gasteiger partial charge on any atom is 0.280 e. The van der Waals surface area contributed by atoms with Crippen molar-refractivity contribution in [1.29, 1.82) is 0 Å². The molecule has 1 heterocycles. The summed E-state index contributed by atoms with van der Waals surface area (Å²) in [4.78, 5) is 15.1. The van der Waals surface area contributed by atoms with Gasteiger partial charge in [-0.15, -0.1) is 0 Å². The quantitative estimate of drug-likeness (QED) is 0.479. The minimum Gasteiger partial charge on any atom is -0.293 e. The average molecular weight is 246 g/mol. The van der Waals surface area contributed by atoms with Crippen molar-refractivity contribution in [2.45, 2.75) is 19.3 Å². The minimum absolute atomic E-state index is 0.117. The summed E-state index contributed by atoms with van der Waals surface area (Å²) in [6.45, 7) is 1.21. The second kappa shape index (κ2) is 4.06. The summed E-state index contributed by atoms with van der Waals surface area (Å²) < 4.78 is 0. The Balaban J connectivity index is 2.15. The average Bonchev–Trinajstić information content (AvgIpc) is 2.94. The largest absolute Gasteiger partial charge is 0.293 e. The van der Waals surface area contributed by atoms with E-state index >= 15 is 0 Å². The Morgan fingerprint density at radius 2 is 2.06 bits per heavy atom. The highest BCUT2D eigenvalue weighted by atomic mass is 16.6. The highest BCUT2D eigenvalue weighted by molar-refractivity contribution is 6.03. The van der Waals surface area contributed by atoms with Crippen LogP contribution in [-0.2, 0) is 12.8 Å². The number of aliphatic imine (C=N–C) groups is 1. The Morgan fingerprint density at radius 3 is 2.67 bits per heavy atom. The lowest BCUT2D eigenvalue weighted by Gasteiger charge is -2.14. The highest BCUT2D eigenvalue weighted by Crippen LogP contribution is 2.31. The smallest absolute Gasteiger partial charge is 0.280 e. The maximum absolute atomic E-state index is 11.2. The molecule has 1 aromatic rings. The van der Waals surface area contributed by atoms with Gasteiger partial charge in [0.25, 0.3) is 5.69 Å². The third kappa shape index (κ3) is 1.65. The molecule has 94 valence electrons. The lowest BCUT2D eigenvalue weighted by molar-refractivity contribution is -0.385. The van der Waals surface area contributed by atoms with Crippen molar-refractivity contribution in [2.75, 3.05) is 13.1 Å². The van der Waals surface area contributed by atoms with Gasteiger partial charge in [0, 0.05) is 6.07 Å². The maximum atomic E-state index is 11.2. The molecule has 1 aliphatic heterocycles. The molecule has 2 N–H and O–H groups in total. The van der Waals surface area contributed by atoms with Gasteiger partial charge < -0.3 is 0 Å². The van der Waals surface area contributed by atoms with Crippen molar-refractivity contribution in [3.8, 4) is 0 Å². The molecule has 2 aliphatic rings. The van der Waals surface area contributed by atoms with Gasteiger partial charge in [0.1, 0.15) is 0 Å². The van der Waals surface area contributed by atoms with E-state index in [0.29, 0.717) is 24.5 Å². The number of aryl methyl sites for hydroxylation is 2. The number of nitrogens with two attached hydrogens (primary N) is 1. The summed E-state index contributed by atoms with van der Waals surface area (Å²) in [7, 11) is 0. The van der Waals surface area contributed by atoms with E-state index in [0.717, 1.165) is 24.8 Å². The van der Waals surface area contributed by atoms with Gasteiger partial charge in [-0.1, -0.05) is 0 Å². The number of nitrogens with zero attached hydrogens (tertiary/aromatic N) is 3. The molecule has 0 atom stereocenters. The molecule has 3 rings (SSSR count). The lowest BCUT2D eigenvalue weighted by Crippen LogP contribution is -2.35. The van der Waals surface area contributed by atoms with Crippen LogP contribution in [0.2, 0.25) is 0 Å². The zero-order valence-corrected chi connectivity index (χ0v) is 9.93. The fraction of sp³-hybridized carbons (Fsp3) is 0.417. The molecule has 0 unspecified atom stereocenters. The summed E-state index contributed by atoms with van der Waals surface area (Å²) in [6, 6.07) is 3.58. The Morgan fingerprint density at radius 1 is 1.33 bits per heavy atom. The van der Waals surface area contributed by atoms with E-state index in [1.807, 2.05) is 6.07 Å². The first kappa shape index (κ1) is 11.2. The van der Waals surface area contributed by atoms with Crippen LogP contribution in [0.1, 0.15) is 23.1 Å². The van der Waals surface area contributed by atoms with Crippen molar-refractivity contribution in [1.82, 2.24) is 5.01 Å². The first-order valence-electron chi connectivity index (χ1n) is 6.04. The normalized spacial score (nSPS) is 17.8. The number of nitro groups is 1. The molecule has 0 spiro atoms. The second-order valence-corrected chi connectivity index (χ2v) is 4.65. The Labute approximate surface area is 104 Å². The predicted octanol–water partition coefficient (Wildman–Crippen LogP) is 1.02. The van der Waals surface area contributed by atoms with Crippen molar-refractivity contribution >= 4 is 11.5 Å². The van der Waals surface area contributed by atoms with Gasteiger partial charge in [0.2, 0.25) is 0 Å². The Kier molecular flexibility index (Phi) is 2.52. The zero-order chi connectivity index (χ0) is 12.7. The van der Waals surface area contributed by atoms with Crippen LogP contribution in [0, 0.1) is 10.1 Å². The molecular formula is C12H14N4O2. The Bertz CT molecular complexity index is 553. The van der Waals surface area contributed by atoms with Gasteiger partial charge in [-0.05, 0) is 36.5 Å². The molecule has 0 fully saturated rings. The van der Waals surface area contributed by atoms with Crippen molar-refractivity contribution in [2.24, 2.45) is 10.8 Å². The molecule has 6 heteroatoms. The highest BCUT2D eigenvalue weighted by Gasteiger charge is 2.27. The van der Waals surface area contributed by atoms with Crippen LogP contribution < -0.4 is 5.84 Å². The summed E-state index contributed by atoms with van der Waals surface area (Å²) in [5.74, 6) is 6.34. The Hall–Kier alpha value is -1.95. The third-order valence-corrected chi connectivity index (χ3v) is 3.52. The summed E-state index contributed by atoms with van der Waals surface area (Å²) in [5.41, 5.74) is 2.96. The fourth-order valence-electron chi connectivity index (χ4n) is 2.64. The SMILES string of the molecule is NN1CCN=C1c1cc2c(cc1[N+](=O)[O-])CCC2.